The maximum atomic E-state index is 13.1. The van der Waals surface area contributed by atoms with E-state index in [2.05, 4.69) is 42.1 Å². The second kappa shape index (κ2) is 18.8. The number of ether oxygens (including phenoxy) is 2. The van der Waals surface area contributed by atoms with Crippen LogP contribution in [-0.2, 0) is 23.9 Å². The third kappa shape index (κ3) is 10.0. The van der Waals surface area contributed by atoms with E-state index >= 15 is 0 Å². The van der Waals surface area contributed by atoms with Crippen molar-refractivity contribution in [1.29, 1.82) is 0 Å². The largest absolute Gasteiger partial charge is 0.461 e. The number of amides is 2. The number of hydrogen-bond donors (Lipinski definition) is 1. The fourth-order valence-electron chi connectivity index (χ4n) is 5.25. The molecule has 3 aliphatic rings. The first kappa shape index (κ1) is 42.1. The lowest BCUT2D eigenvalue weighted by Gasteiger charge is -2.22. The van der Waals surface area contributed by atoms with Crippen LogP contribution in [-0.4, -0.2) is 74.3 Å². The number of aldehydes is 2. The van der Waals surface area contributed by atoms with Crippen molar-refractivity contribution in [1.82, 2.24) is 19.6 Å². The van der Waals surface area contributed by atoms with Gasteiger partial charge in [-0.15, -0.1) is 0 Å². The van der Waals surface area contributed by atoms with Crippen molar-refractivity contribution in [3.63, 3.8) is 0 Å². The molecule has 294 valence electrons. The molecule has 2 N–H and O–H groups in total. The van der Waals surface area contributed by atoms with E-state index in [4.69, 9.17) is 26.8 Å². The summed E-state index contributed by atoms with van der Waals surface area (Å²) >= 11 is 11.8. The van der Waals surface area contributed by atoms with Crippen LogP contribution in [0.15, 0.2) is 57.5 Å². The highest BCUT2D eigenvalue weighted by molar-refractivity contribution is 9.10. The van der Waals surface area contributed by atoms with Gasteiger partial charge in [0.05, 0.1) is 35.7 Å². The maximum absolute atomic E-state index is 13.1. The molecular formula is C38H37Br2ClN6O9. The molecule has 56 heavy (non-hydrogen) atoms. The zero-order chi connectivity index (χ0) is 40.7. The van der Waals surface area contributed by atoms with Gasteiger partial charge in [0.1, 0.15) is 5.82 Å². The molecule has 3 saturated carbocycles. The Kier molecular flexibility index (Phi) is 14.1. The van der Waals surface area contributed by atoms with Gasteiger partial charge in [-0.05, 0) is 100 Å². The summed E-state index contributed by atoms with van der Waals surface area (Å²) in [5.41, 5.74) is 6.60. The van der Waals surface area contributed by atoms with Crippen molar-refractivity contribution in [3.05, 3.63) is 80.0 Å². The number of imide groups is 1. The molecular weight excluding hydrogens is 880 g/mol. The van der Waals surface area contributed by atoms with E-state index in [0.29, 0.717) is 49.6 Å². The van der Waals surface area contributed by atoms with Crippen LogP contribution in [0.25, 0.3) is 11.4 Å². The van der Waals surface area contributed by atoms with Crippen LogP contribution < -0.4 is 10.6 Å². The monoisotopic (exact) mass is 914 g/mol. The van der Waals surface area contributed by atoms with E-state index in [1.807, 2.05) is 12.1 Å². The quantitative estimate of drug-likeness (QED) is 0.0686. The van der Waals surface area contributed by atoms with Crippen molar-refractivity contribution in [3.8, 4) is 11.4 Å². The molecule has 3 aliphatic carbocycles. The van der Waals surface area contributed by atoms with Crippen molar-refractivity contribution in [2.24, 2.45) is 17.8 Å². The highest BCUT2D eigenvalue weighted by atomic mass is 79.9. The third-order valence-electron chi connectivity index (χ3n) is 8.54. The lowest BCUT2D eigenvalue weighted by Crippen LogP contribution is -2.41. The normalized spacial score (nSPS) is 14.2. The second-order valence-corrected chi connectivity index (χ2v) is 15.0. The highest BCUT2D eigenvalue weighted by Crippen LogP contribution is 2.40. The van der Waals surface area contributed by atoms with E-state index in [1.165, 1.54) is 9.36 Å². The molecule has 0 saturated heterocycles. The first-order valence-electron chi connectivity index (χ1n) is 17.7. The predicted molar refractivity (Wildman–Crippen MR) is 211 cm³/mol. The number of nitrogens with zero attached hydrogens (tertiary/aromatic N) is 5. The van der Waals surface area contributed by atoms with Crippen LogP contribution in [0.4, 0.5) is 11.6 Å². The molecule has 0 spiro atoms. The van der Waals surface area contributed by atoms with Crippen LogP contribution in [0.3, 0.4) is 0 Å². The number of aromatic nitrogens is 4. The number of nitrogen functional groups attached to an aromatic ring is 1. The fraction of sp³-hybridized carbons (Fsp3) is 0.342. The van der Waals surface area contributed by atoms with Gasteiger partial charge in [-0.3, -0.25) is 24.0 Å². The third-order valence-corrected chi connectivity index (χ3v) is 9.83. The Hall–Kier alpha value is -5.00. The van der Waals surface area contributed by atoms with Gasteiger partial charge in [-0.1, -0.05) is 44.0 Å². The molecule has 2 aromatic heterocycles. The van der Waals surface area contributed by atoms with Gasteiger partial charge in [-0.25, -0.2) is 23.9 Å². The van der Waals surface area contributed by atoms with Crippen molar-refractivity contribution in [2.75, 3.05) is 23.8 Å². The summed E-state index contributed by atoms with van der Waals surface area (Å²) in [6.07, 6.45) is 5.77. The van der Waals surface area contributed by atoms with E-state index in [0.717, 1.165) is 26.7 Å². The average molecular weight is 917 g/mol. The van der Waals surface area contributed by atoms with E-state index < -0.39 is 11.9 Å². The minimum atomic E-state index is -0.785. The molecule has 0 radical (unpaired) electrons. The second-order valence-electron chi connectivity index (χ2n) is 12.8. The van der Waals surface area contributed by atoms with Gasteiger partial charge in [0.15, 0.2) is 29.8 Å². The number of nitrogens with two attached hydrogens (primary N) is 1. The van der Waals surface area contributed by atoms with Crippen molar-refractivity contribution < 1.29 is 43.0 Å². The number of halogens is 3. The summed E-state index contributed by atoms with van der Waals surface area (Å²) in [6.45, 7) is 3.61. The number of anilines is 2. The molecule has 18 heteroatoms. The summed E-state index contributed by atoms with van der Waals surface area (Å²) in [7, 11) is 0. The summed E-state index contributed by atoms with van der Waals surface area (Å²) in [4.78, 5) is 84.7. The van der Waals surface area contributed by atoms with Crippen molar-refractivity contribution >= 4 is 96.7 Å². The average Bonchev–Trinajstić information content (AvgIpc) is 4.04. The summed E-state index contributed by atoms with van der Waals surface area (Å²) in [5.74, 6) is -2.37. The maximum Gasteiger partial charge on any atom is 0.359 e. The summed E-state index contributed by atoms with van der Waals surface area (Å²) in [6, 6.07) is 14.2. The number of carbonyl (C=O) groups excluding carboxylic acids is 7. The van der Waals surface area contributed by atoms with Gasteiger partial charge in [-0.2, -0.15) is 10.2 Å². The van der Waals surface area contributed by atoms with Gasteiger partial charge in [0.25, 0.3) is 0 Å². The predicted octanol–water partition coefficient (Wildman–Crippen LogP) is 6.67. The Bertz CT molecular complexity index is 2150. The molecule has 0 unspecified atom stereocenters. The van der Waals surface area contributed by atoms with Gasteiger partial charge < -0.3 is 15.2 Å². The number of hydrogen-bond acceptors (Lipinski definition) is 12. The standard InChI is InChI=1S/C21H20BrN3O5.C13H12BrN3O3.C4H5ClO/c1-2-30-21(29)17-16(11-26)18(25(23-17)15-5-3-4-14(22)10-15)24(19(27)12-6-7-12)20(28)13-8-9-13;1-2-20-13(19)11-10(7-18)12(15)17(16-11)9-5-3-4-8(14)6-9;5-4(6)3-1-2-3/h3-5,10-13H,2,6-9H2,1H3;3-7H,2,15H2,1H3;3H,1-2H2. The van der Waals surface area contributed by atoms with Gasteiger partial charge in [0.2, 0.25) is 17.1 Å². The molecule has 2 aromatic carbocycles. The molecule has 15 nitrogen and oxygen atoms in total. The number of esters is 2. The van der Waals surface area contributed by atoms with Crippen LogP contribution in [0.2, 0.25) is 0 Å². The Morgan fingerprint density at radius 1 is 0.750 bits per heavy atom. The van der Waals surface area contributed by atoms with Crippen LogP contribution in [0.5, 0.6) is 0 Å². The molecule has 4 aromatic rings. The van der Waals surface area contributed by atoms with Gasteiger partial charge >= 0.3 is 11.9 Å². The van der Waals surface area contributed by atoms with Crippen LogP contribution in [0.1, 0.15) is 94.1 Å². The molecule has 0 bridgehead atoms. The number of carbonyl (C=O) groups is 7. The summed E-state index contributed by atoms with van der Waals surface area (Å²) in [5, 5.41) is 8.22. The van der Waals surface area contributed by atoms with E-state index in [-0.39, 0.29) is 82.2 Å². The van der Waals surface area contributed by atoms with Gasteiger partial charge in [0, 0.05) is 26.7 Å². The SMILES string of the molecule is CCOC(=O)c1nn(-c2cccc(Br)c2)c(N(C(=O)C2CC2)C(=O)C2CC2)c1C=O.CCOC(=O)c1nn(-c2cccc(Br)c2)c(N)c1C=O.O=C(Cl)C1CC1. The first-order chi connectivity index (χ1) is 26.8. The Balaban J connectivity index is 0.000000197. The van der Waals surface area contributed by atoms with Crippen LogP contribution in [0, 0.1) is 17.8 Å². The fourth-order valence-corrected chi connectivity index (χ4v) is 6.24. The van der Waals surface area contributed by atoms with Crippen LogP contribution >= 0.6 is 43.5 Å². The first-order valence-corrected chi connectivity index (χ1v) is 19.7. The molecule has 2 heterocycles. The topological polar surface area (TPSA) is 203 Å². The highest BCUT2D eigenvalue weighted by Gasteiger charge is 2.45. The molecule has 0 atom stereocenters. The smallest absolute Gasteiger partial charge is 0.359 e. The van der Waals surface area contributed by atoms with E-state index in [9.17, 15) is 33.6 Å². The molecule has 3 fully saturated rings. The lowest BCUT2D eigenvalue weighted by molar-refractivity contribution is -0.128. The summed E-state index contributed by atoms with van der Waals surface area (Å²) < 4.78 is 14.1. The molecule has 2 amide bonds. The molecule has 0 aliphatic heterocycles. The lowest BCUT2D eigenvalue weighted by atomic mass is 10.2. The number of rotatable bonds is 12. The minimum Gasteiger partial charge on any atom is -0.461 e. The Labute approximate surface area is 343 Å². The molecule has 7 rings (SSSR count). The Morgan fingerprint density at radius 3 is 1.55 bits per heavy atom. The van der Waals surface area contributed by atoms with Crippen molar-refractivity contribution in [2.45, 2.75) is 52.4 Å². The zero-order valence-corrected chi connectivity index (χ0v) is 34.2. The minimum absolute atomic E-state index is 0.0000435. The van der Waals surface area contributed by atoms with E-state index in [1.54, 1.807) is 50.2 Å². The zero-order valence-electron chi connectivity index (χ0n) is 30.3. The Morgan fingerprint density at radius 2 is 1.18 bits per heavy atom. The number of benzene rings is 2.